The standard InChI is InChI=1S/C18H25N3O5/c1-20-4-6-21(7-5-20)12-13(18(23)24)10-17(22)19-14-2-3-15-16(11-14)26-9-8-25-15/h2-3,11,13H,4-10,12H2,1H3,(H,19,22)(H,23,24)/t13-/m1/s1. The number of carbonyl (C=O) groups excluding carboxylic acids is 1. The molecule has 1 atom stereocenters. The monoisotopic (exact) mass is 363 g/mol. The van der Waals surface area contributed by atoms with Crippen LogP contribution < -0.4 is 14.8 Å². The van der Waals surface area contributed by atoms with Gasteiger partial charge in [-0.05, 0) is 19.2 Å². The second-order valence-electron chi connectivity index (χ2n) is 6.75. The van der Waals surface area contributed by atoms with E-state index in [2.05, 4.69) is 15.1 Å². The van der Waals surface area contributed by atoms with Crippen molar-refractivity contribution in [3.8, 4) is 11.5 Å². The van der Waals surface area contributed by atoms with Gasteiger partial charge in [-0.15, -0.1) is 0 Å². The molecule has 0 saturated carbocycles. The van der Waals surface area contributed by atoms with Crippen molar-refractivity contribution in [2.24, 2.45) is 5.92 Å². The third-order valence-corrected chi connectivity index (χ3v) is 4.68. The van der Waals surface area contributed by atoms with E-state index < -0.39 is 11.9 Å². The molecule has 0 bridgehead atoms. The first-order chi connectivity index (χ1) is 12.5. The van der Waals surface area contributed by atoms with Crippen molar-refractivity contribution in [1.29, 1.82) is 0 Å². The van der Waals surface area contributed by atoms with Crippen LogP contribution in [0, 0.1) is 5.92 Å². The molecule has 2 N–H and O–H groups in total. The SMILES string of the molecule is CN1CCN(C[C@@H](CC(=O)Nc2ccc3c(c2)OCCO3)C(=O)O)CC1. The van der Waals surface area contributed by atoms with Gasteiger partial charge < -0.3 is 24.8 Å². The van der Waals surface area contributed by atoms with Crippen LogP contribution in [0.25, 0.3) is 0 Å². The lowest BCUT2D eigenvalue weighted by molar-refractivity contribution is -0.144. The number of piperazine rings is 1. The number of benzene rings is 1. The Kier molecular flexibility index (Phi) is 5.95. The molecule has 2 heterocycles. The zero-order valence-corrected chi connectivity index (χ0v) is 14.9. The van der Waals surface area contributed by atoms with E-state index in [1.807, 2.05) is 7.05 Å². The topological polar surface area (TPSA) is 91.3 Å². The molecular formula is C18H25N3O5. The Labute approximate surface area is 152 Å². The predicted molar refractivity (Wildman–Crippen MR) is 95.7 cm³/mol. The third kappa shape index (κ3) is 4.86. The number of carboxylic acids is 1. The van der Waals surface area contributed by atoms with Gasteiger partial charge in [-0.25, -0.2) is 0 Å². The first-order valence-corrected chi connectivity index (χ1v) is 8.84. The number of amides is 1. The second kappa shape index (κ2) is 8.37. The molecule has 0 spiro atoms. The largest absolute Gasteiger partial charge is 0.486 e. The summed E-state index contributed by atoms with van der Waals surface area (Å²) in [6.45, 7) is 4.83. The molecular weight excluding hydrogens is 338 g/mol. The number of nitrogens with zero attached hydrogens (tertiary/aromatic N) is 2. The van der Waals surface area contributed by atoms with Gasteiger partial charge in [0.1, 0.15) is 13.2 Å². The maximum Gasteiger partial charge on any atom is 0.308 e. The van der Waals surface area contributed by atoms with Gasteiger partial charge >= 0.3 is 5.97 Å². The lowest BCUT2D eigenvalue weighted by Gasteiger charge is -2.33. The predicted octanol–water partition coefficient (Wildman–Crippen LogP) is 0.735. The minimum Gasteiger partial charge on any atom is -0.486 e. The van der Waals surface area contributed by atoms with Crippen molar-refractivity contribution in [3.63, 3.8) is 0 Å². The number of nitrogens with one attached hydrogen (secondary N) is 1. The Bertz CT molecular complexity index is 658. The number of fused-ring (bicyclic) bond motifs is 1. The van der Waals surface area contributed by atoms with E-state index in [-0.39, 0.29) is 12.3 Å². The summed E-state index contributed by atoms with van der Waals surface area (Å²) in [7, 11) is 2.05. The van der Waals surface area contributed by atoms with Gasteiger partial charge in [0.15, 0.2) is 11.5 Å². The van der Waals surface area contributed by atoms with Gasteiger partial charge in [-0.2, -0.15) is 0 Å². The summed E-state index contributed by atoms with van der Waals surface area (Å²) < 4.78 is 10.9. The number of ether oxygens (including phenoxy) is 2. The fourth-order valence-corrected chi connectivity index (χ4v) is 3.13. The molecule has 1 aromatic carbocycles. The number of rotatable bonds is 6. The van der Waals surface area contributed by atoms with E-state index in [0.717, 1.165) is 26.2 Å². The Hall–Kier alpha value is -2.32. The Morgan fingerprint density at radius 2 is 1.85 bits per heavy atom. The smallest absolute Gasteiger partial charge is 0.308 e. The average Bonchev–Trinajstić information content (AvgIpc) is 2.62. The highest BCUT2D eigenvalue weighted by Crippen LogP contribution is 2.32. The van der Waals surface area contributed by atoms with Gasteiger partial charge in [-0.1, -0.05) is 0 Å². The van der Waals surface area contributed by atoms with Crippen LogP contribution in [0.3, 0.4) is 0 Å². The molecule has 0 unspecified atom stereocenters. The summed E-state index contributed by atoms with van der Waals surface area (Å²) in [4.78, 5) is 28.2. The third-order valence-electron chi connectivity index (χ3n) is 4.68. The van der Waals surface area contributed by atoms with Gasteiger partial charge in [0, 0.05) is 50.9 Å². The number of aliphatic carboxylic acids is 1. The molecule has 0 aromatic heterocycles. The van der Waals surface area contributed by atoms with Crippen LogP contribution in [-0.4, -0.2) is 79.8 Å². The summed E-state index contributed by atoms with van der Waals surface area (Å²) in [5, 5.41) is 12.2. The van der Waals surface area contributed by atoms with E-state index >= 15 is 0 Å². The number of carboxylic acid groups (broad SMARTS) is 1. The maximum atomic E-state index is 12.3. The van der Waals surface area contributed by atoms with Crippen molar-refractivity contribution in [3.05, 3.63) is 18.2 Å². The van der Waals surface area contributed by atoms with E-state index in [9.17, 15) is 14.7 Å². The molecule has 0 aliphatic carbocycles. The van der Waals surface area contributed by atoms with Gasteiger partial charge in [0.05, 0.1) is 5.92 Å². The number of likely N-dealkylation sites (N-methyl/N-ethyl adjacent to an activating group) is 1. The van der Waals surface area contributed by atoms with Crippen molar-refractivity contribution < 1.29 is 24.2 Å². The summed E-state index contributed by atoms with van der Waals surface area (Å²) >= 11 is 0. The summed E-state index contributed by atoms with van der Waals surface area (Å²) in [6, 6.07) is 5.16. The quantitative estimate of drug-likeness (QED) is 0.770. The van der Waals surface area contributed by atoms with Crippen molar-refractivity contribution in [2.75, 3.05) is 58.3 Å². The summed E-state index contributed by atoms with van der Waals surface area (Å²) in [5.41, 5.74) is 0.572. The first-order valence-electron chi connectivity index (χ1n) is 8.84. The van der Waals surface area contributed by atoms with Crippen LogP contribution in [0.15, 0.2) is 18.2 Å². The van der Waals surface area contributed by atoms with Crippen molar-refractivity contribution >= 4 is 17.6 Å². The van der Waals surface area contributed by atoms with Crippen LogP contribution in [0.2, 0.25) is 0 Å². The Morgan fingerprint density at radius 3 is 2.54 bits per heavy atom. The van der Waals surface area contributed by atoms with Gasteiger partial charge in [0.25, 0.3) is 0 Å². The lowest BCUT2D eigenvalue weighted by Crippen LogP contribution is -2.47. The fourth-order valence-electron chi connectivity index (χ4n) is 3.13. The number of hydrogen-bond acceptors (Lipinski definition) is 6. The van der Waals surface area contributed by atoms with E-state index in [1.165, 1.54) is 0 Å². The number of carbonyl (C=O) groups is 2. The zero-order valence-electron chi connectivity index (χ0n) is 14.9. The van der Waals surface area contributed by atoms with Gasteiger partial charge in [-0.3, -0.25) is 14.5 Å². The van der Waals surface area contributed by atoms with E-state index in [1.54, 1.807) is 18.2 Å². The van der Waals surface area contributed by atoms with E-state index in [0.29, 0.717) is 36.9 Å². The minimum atomic E-state index is -0.943. The molecule has 1 amide bonds. The highest BCUT2D eigenvalue weighted by molar-refractivity contribution is 5.93. The highest BCUT2D eigenvalue weighted by atomic mass is 16.6. The zero-order chi connectivity index (χ0) is 18.5. The average molecular weight is 363 g/mol. The molecule has 2 aliphatic heterocycles. The lowest BCUT2D eigenvalue weighted by atomic mass is 10.0. The summed E-state index contributed by atoms with van der Waals surface area (Å²) in [6.07, 6.45) is -0.0594. The van der Waals surface area contributed by atoms with Gasteiger partial charge in [0.2, 0.25) is 5.91 Å². The fraction of sp³-hybridized carbons (Fsp3) is 0.556. The van der Waals surface area contributed by atoms with Crippen molar-refractivity contribution in [2.45, 2.75) is 6.42 Å². The number of hydrogen-bond donors (Lipinski definition) is 2. The summed E-state index contributed by atoms with van der Waals surface area (Å²) in [5.74, 6) is -0.755. The minimum absolute atomic E-state index is 0.0594. The van der Waals surface area contributed by atoms with Crippen LogP contribution in [0.1, 0.15) is 6.42 Å². The Balaban J connectivity index is 1.55. The maximum absolute atomic E-state index is 12.3. The molecule has 1 fully saturated rings. The van der Waals surface area contributed by atoms with Crippen LogP contribution in [0.5, 0.6) is 11.5 Å². The molecule has 26 heavy (non-hydrogen) atoms. The second-order valence-corrected chi connectivity index (χ2v) is 6.75. The molecule has 142 valence electrons. The first kappa shape index (κ1) is 18.5. The van der Waals surface area contributed by atoms with E-state index in [4.69, 9.17) is 9.47 Å². The van der Waals surface area contributed by atoms with Crippen LogP contribution in [-0.2, 0) is 9.59 Å². The molecule has 2 aliphatic rings. The molecule has 1 aromatic rings. The van der Waals surface area contributed by atoms with Crippen molar-refractivity contribution in [1.82, 2.24) is 9.80 Å². The molecule has 8 nitrogen and oxygen atoms in total. The molecule has 8 heteroatoms. The normalized spacial score (nSPS) is 19.0. The van der Waals surface area contributed by atoms with Crippen LogP contribution in [0.4, 0.5) is 5.69 Å². The van der Waals surface area contributed by atoms with Crippen LogP contribution >= 0.6 is 0 Å². The molecule has 1 saturated heterocycles. The Morgan fingerprint density at radius 1 is 1.15 bits per heavy atom. The highest BCUT2D eigenvalue weighted by Gasteiger charge is 2.26. The number of anilines is 1. The molecule has 3 rings (SSSR count). The molecule has 0 radical (unpaired) electrons.